The predicted molar refractivity (Wildman–Crippen MR) is 70.7 cm³/mol. The van der Waals surface area contributed by atoms with E-state index in [0.29, 0.717) is 22.5 Å². The Bertz CT molecular complexity index is 534. The monoisotopic (exact) mass is 248 g/mol. The Labute approximate surface area is 105 Å². The largest absolute Gasteiger partial charge is 0.384 e. The molecular weight excluding hydrogens is 236 g/mol. The molecule has 3 N–H and O–H groups in total. The van der Waals surface area contributed by atoms with Crippen LogP contribution in [0.2, 0.25) is 5.02 Å². The Kier molecular flexibility index (Phi) is 3.15. The van der Waals surface area contributed by atoms with Gasteiger partial charge in [0.15, 0.2) is 0 Å². The summed E-state index contributed by atoms with van der Waals surface area (Å²) >= 11 is 6.12. The Balaban J connectivity index is 2.31. The summed E-state index contributed by atoms with van der Waals surface area (Å²) in [6, 6.07) is 7.45. The maximum atomic E-state index is 6.12. The SMILES string of the molecule is Cc1ccc(Nc2cc(N)nc(C)n2)c(Cl)c1. The molecule has 0 fully saturated rings. The third-order valence-corrected chi connectivity index (χ3v) is 2.56. The van der Waals surface area contributed by atoms with Crippen molar-refractivity contribution in [2.45, 2.75) is 13.8 Å². The van der Waals surface area contributed by atoms with E-state index in [4.69, 9.17) is 17.3 Å². The van der Waals surface area contributed by atoms with Gasteiger partial charge in [0.25, 0.3) is 0 Å². The van der Waals surface area contributed by atoms with Crippen molar-refractivity contribution in [2.75, 3.05) is 11.1 Å². The smallest absolute Gasteiger partial charge is 0.136 e. The third-order valence-electron chi connectivity index (χ3n) is 2.25. The van der Waals surface area contributed by atoms with Gasteiger partial charge in [0, 0.05) is 6.07 Å². The first kappa shape index (κ1) is 11.7. The van der Waals surface area contributed by atoms with Crippen molar-refractivity contribution in [2.24, 2.45) is 0 Å². The molecule has 1 heterocycles. The van der Waals surface area contributed by atoms with E-state index in [9.17, 15) is 0 Å². The molecule has 2 rings (SSSR count). The second-order valence-electron chi connectivity index (χ2n) is 3.83. The number of hydrogen-bond donors (Lipinski definition) is 2. The molecule has 0 aliphatic heterocycles. The Morgan fingerprint density at radius 2 is 1.94 bits per heavy atom. The zero-order valence-electron chi connectivity index (χ0n) is 9.66. The van der Waals surface area contributed by atoms with Crippen molar-refractivity contribution in [1.29, 1.82) is 0 Å². The maximum Gasteiger partial charge on any atom is 0.136 e. The zero-order valence-corrected chi connectivity index (χ0v) is 10.4. The van der Waals surface area contributed by atoms with E-state index in [1.807, 2.05) is 25.1 Å². The molecule has 2 aromatic rings. The number of benzene rings is 1. The first-order valence-corrected chi connectivity index (χ1v) is 5.57. The number of nitrogens with zero attached hydrogens (tertiary/aromatic N) is 2. The highest BCUT2D eigenvalue weighted by Gasteiger charge is 2.03. The molecule has 17 heavy (non-hydrogen) atoms. The number of aromatic nitrogens is 2. The molecule has 5 heteroatoms. The van der Waals surface area contributed by atoms with E-state index >= 15 is 0 Å². The minimum Gasteiger partial charge on any atom is -0.384 e. The number of anilines is 3. The molecule has 0 spiro atoms. The highest BCUT2D eigenvalue weighted by Crippen LogP contribution is 2.25. The normalized spacial score (nSPS) is 10.3. The summed E-state index contributed by atoms with van der Waals surface area (Å²) in [5, 5.41) is 3.77. The van der Waals surface area contributed by atoms with Crippen molar-refractivity contribution in [3.05, 3.63) is 40.7 Å². The summed E-state index contributed by atoms with van der Waals surface area (Å²) in [7, 11) is 0. The standard InChI is InChI=1S/C12H13ClN4/c1-7-3-4-10(9(13)5-7)17-12-6-11(14)15-8(2)16-12/h3-6H,1-2H3,(H3,14,15,16,17). The molecule has 4 nitrogen and oxygen atoms in total. The van der Waals surface area contributed by atoms with Gasteiger partial charge in [-0.15, -0.1) is 0 Å². The second-order valence-corrected chi connectivity index (χ2v) is 4.24. The minimum atomic E-state index is 0.434. The molecule has 0 aliphatic rings. The van der Waals surface area contributed by atoms with Crippen LogP contribution in [0.4, 0.5) is 17.3 Å². The maximum absolute atomic E-state index is 6.12. The summed E-state index contributed by atoms with van der Waals surface area (Å²) in [5.74, 6) is 1.69. The fraction of sp³-hybridized carbons (Fsp3) is 0.167. The molecule has 0 saturated carbocycles. The fourth-order valence-electron chi connectivity index (χ4n) is 1.51. The van der Waals surface area contributed by atoms with Crippen LogP contribution in [-0.2, 0) is 0 Å². The third kappa shape index (κ3) is 2.85. The van der Waals surface area contributed by atoms with Crippen molar-refractivity contribution < 1.29 is 0 Å². The molecule has 88 valence electrons. The molecule has 0 atom stereocenters. The summed E-state index contributed by atoms with van der Waals surface area (Å²) in [6.07, 6.45) is 0. The van der Waals surface area contributed by atoms with Crippen molar-refractivity contribution in [3.8, 4) is 0 Å². The van der Waals surface area contributed by atoms with E-state index in [2.05, 4.69) is 15.3 Å². The van der Waals surface area contributed by atoms with Gasteiger partial charge in [0.05, 0.1) is 10.7 Å². The average molecular weight is 249 g/mol. The number of rotatable bonds is 2. The molecular formula is C12H13ClN4. The molecule has 0 saturated heterocycles. The van der Waals surface area contributed by atoms with Gasteiger partial charge in [0.2, 0.25) is 0 Å². The number of aryl methyl sites for hydroxylation is 2. The Morgan fingerprint density at radius 3 is 2.59 bits per heavy atom. The van der Waals surface area contributed by atoms with Gasteiger partial charge in [-0.25, -0.2) is 9.97 Å². The molecule has 0 amide bonds. The summed E-state index contributed by atoms with van der Waals surface area (Å²) < 4.78 is 0. The molecule has 1 aromatic carbocycles. The van der Waals surface area contributed by atoms with Crippen molar-refractivity contribution in [1.82, 2.24) is 9.97 Å². The van der Waals surface area contributed by atoms with Gasteiger partial charge in [-0.1, -0.05) is 17.7 Å². The van der Waals surface area contributed by atoms with Crippen LogP contribution in [0.25, 0.3) is 0 Å². The minimum absolute atomic E-state index is 0.434. The molecule has 0 radical (unpaired) electrons. The second kappa shape index (κ2) is 4.59. The lowest BCUT2D eigenvalue weighted by Gasteiger charge is -2.09. The van der Waals surface area contributed by atoms with Gasteiger partial charge in [0.1, 0.15) is 17.5 Å². The molecule has 0 unspecified atom stereocenters. The van der Waals surface area contributed by atoms with E-state index in [0.717, 1.165) is 11.3 Å². The van der Waals surface area contributed by atoms with Crippen LogP contribution in [0.15, 0.2) is 24.3 Å². The lowest BCUT2D eigenvalue weighted by atomic mass is 10.2. The highest BCUT2D eigenvalue weighted by atomic mass is 35.5. The Morgan fingerprint density at radius 1 is 1.18 bits per heavy atom. The number of halogens is 1. The first-order chi connectivity index (χ1) is 8.04. The van der Waals surface area contributed by atoms with Crippen LogP contribution in [0.5, 0.6) is 0 Å². The molecule has 0 bridgehead atoms. The van der Waals surface area contributed by atoms with Gasteiger partial charge in [-0.2, -0.15) is 0 Å². The first-order valence-electron chi connectivity index (χ1n) is 5.19. The summed E-state index contributed by atoms with van der Waals surface area (Å²) in [4.78, 5) is 8.24. The topological polar surface area (TPSA) is 63.8 Å². The number of nitrogens with one attached hydrogen (secondary N) is 1. The summed E-state index contributed by atoms with van der Waals surface area (Å²) in [5.41, 5.74) is 7.56. The van der Waals surface area contributed by atoms with Crippen molar-refractivity contribution in [3.63, 3.8) is 0 Å². The molecule has 1 aromatic heterocycles. The number of nitrogen functional groups attached to an aromatic ring is 1. The average Bonchev–Trinajstić information content (AvgIpc) is 2.21. The van der Waals surface area contributed by atoms with Crippen LogP contribution in [0, 0.1) is 13.8 Å². The van der Waals surface area contributed by atoms with Crippen LogP contribution < -0.4 is 11.1 Å². The van der Waals surface area contributed by atoms with E-state index < -0.39 is 0 Å². The predicted octanol–water partition coefficient (Wildman–Crippen LogP) is 3.07. The van der Waals surface area contributed by atoms with Crippen molar-refractivity contribution >= 4 is 28.9 Å². The van der Waals surface area contributed by atoms with Gasteiger partial charge < -0.3 is 11.1 Å². The lowest BCUT2D eigenvalue weighted by Crippen LogP contribution is -2.01. The quantitative estimate of drug-likeness (QED) is 0.857. The zero-order chi connectivity index (χ0) is 12.4. The number of hydrogen-bond acceptors (Lipinski definition) is 4. The highest BCUT2D eigenvalue weighted by molar-refractivity contribution is 6.33. The van der Waals surface area contributed by atoms with E-state index in [-0.39, 0.29) is 0 Å². The van der Waals surface area contributed by atoms with E-state index in [1.54, 1.807) is 13.0 Å². The fourth-order valence-corrected chi connectivity index (χ4v) is 1.80. The van der Waals surface area contributed by atoms with Crippen LogP contribution in [0.1, 0.15) is 11.4 Å². The molecule has 0 aliphatic carbocycles. The lowest BCUT2D eigenvalue weighted by molar-refractivity contribution is 1.06. The van der Waals surface area contributed by atoms with Crippen LogP contribution >= 0.6 is 11.6 Å². The summed E-state index contributed by atoms with van der Waals surface area (Å²) in [6.45, 7) is 3.78. The van der Waals surface area contributed by atoms with Gasteiger partial charge >= 0.3 is 0 Å². The van der Waals surface area contributed by atoms with E-state index in [1.165, 1.54) is 0 Å². The number of nitrogens with two attached hydrogens (primary N) is 1. The van der Waals surface area contributed by atoms with Crippen LogP contribution in [0.3, 0.4) is 0 Å². The van der Waals surface area contributed by atoms with Gasteiger partial charge in [-0.3, -0.25) is 0 Å². The Hall–Kier alpha value is -1.81. The van der Waals surface area contributed by atoms with Gasteiger partial charge in [-0.05, 0) is 31.5 Å². The van der Waals surface area contributed by atoms with Crippen LogP contribution in [-0.4, -0.2) is 9.97 Å².